The Morgan fingerprint density at radius 1 is 1.23 bits per heavy atom. The molecule has 2 heterocycles. The number of aromatic nitrogens is 2. The summed E-state index contributed by atoms with van der Waals surface area (Å²) in [6.45, 7) is 6.24. The van der Waals surface area contributed by atoms with E-state index in [1.165, 1.54) is 0 Å². The summed E-state index contributed by atoms with van der Waals surface area (Å²) in [4.78, 5) is 12.5. The smallest absolute Gasteiger partial charge is 0.287 e. The summed E-state index contributed by atoms with van der Waals surface area (Å²) in [7, 11) is 0. The van der Waals surface area contributed by atoms with Crippen molar-refractivity contribution in [2.24, 2.45) is 0 Å². The van der Waals surface area contributed by atoms with Gasteiger partial charge in [-0.25, -0.2) is 0 Å². The second-order valence-corrected chi connectivity index (χ2v) is 6.63. The van der Waals surface area contributed by atoms with Crippen molar-refractivity contribution in [3.8, 4) is 0 Å². The van der Waals surface area contributed by atoms with Gasteiger partial charge in [0.1, 0.15) is 5.76 Å². The van der Waals surface area contributed by atoms with E-state index >= 15 is 0 Å². The molecule has 3 aromatic rings. The molecule has 0 bridgehead atoms. The van der Waals surface area contributed by atoms with E-state index in [9.17, 15) is 4.79 Å². The van der Waals surface area contributed by atoms with Crippen molar-refractivity contribution in [3.05, 3.63) is 76.0 Å². The SMILES string of the molecule is CCC(NC(=O)c1ccc(Cn2nc(C)c(Cl)c2C)o1)c1ccccc1. The molecule has 0 aliphatic heterocycles. The maximum Gasteiger partial charge on any atom is 0.287 e. The number of hydrogen-bond donors (Lipinski definition) is 1. The number of amides is 1. The quantitative estimate of drug-likeness (QED) is 0.684. The molecule has 26 heavy (non-hydrogen) atoms. The normalized spacial score (nSPS) is 12.2. The Labute approximate surface area is 158 Å². The lowest BCUT2D eigenvalue weighted by atomic mass is 10.0. The molecule has 2 aromatic heterocycles. The molecule has 1 aromatic carbocycles. The molecule has 0 spiro atoms. The average molecular weight is 372 g/mol. The lowest BCUT2D eigenvalue weighted by Crippen LogP contribution is -2.27. The first-order chi connectivity index (χ1) is 12.5. The predicted octanol–water partition coefficient (Wildman–Crippen LogP) is 4.68. The molecule has 0 aliphatic carbocycles. The summed E-state index contributed by atoms with van der Waals surface area (Å²) in [5, 5.41) is 8.07. The van der Waals surface area contributed by atoms with Gasteiger partial charge in [-0.2, -0.15) is 5.10 Å². The van der Waals surface area contributed by atoms with Gasteiger partial charge in [-0.1, -0.05) is 48.9 Å². The van der Waals surface area contributed by atoms with Gasteiger partial charge < -0.3 is 9.73 Å². The highest BCUT2D eigenvalue weighted by Gasteiger charge is 2.18. The van der Waals surface area contributed by atoms with Crippen molar-refractivity contribution in [1.29, 1.82) is 0 Å². The van der Waals surface area contributed by atoms with Gasteiger partial charge in [0.25, 0.3) is 5.91 Å². The van der Waals surface area contributed by atoms with Crippen LogP contribution in [-0.2, 0) is 6.54 Å². The van der Waals surface area contributed by atoms with Crippen molar-refractivity contribution in [2.45, 2.75) is 39.8 Å². The van der Waals surface area contributed by atoms with E-state index < -0.39 is 0 Å². The van der Waals surface area contributed by atoms with Crippen molar-refractivity contribution in [1.82, 2.24) is 15.1 Å². The highest BCUT2D eigenvalue weighted by atomic mass is 35.5. The van der Waals surface area contributed by atoms with Crippen LogP contribution in [0.2, 0.25) is 5.02 Å². The number of nitrogens with zero attached hydrogens (tertiary/aromatic N) is 2. The Balaban J connectivity index is 1.70. The molecular formula is C20H22ClN3O2. The fourth-order valence-electron chi connectivity index (χ4n) is 2.90. The number of halogens is 1. The van der Waals surface area contributed by atoms with Gasteiger partial charge >= 0.3 is 0 Å². The van der Waals surface area contributed by atoms with Crippen LogP contribution in [0.4, 0.5) is 0 Å². The van der Waals surface area contributed by atoms with E-state index in [4.69, 9.17) is 16.0 Å². The van der Waals surface area contributed by atoms with Gasteiger partial charge in [-0.15, -0.1) is 0 Å². The monoisotopic (exact) mass is 371 g/mol. The minimum Gasteiger partial charge on any atom is -0.454 e. The standard InChI is InChI=1S/C20H22ClN3O2/c1-4-17(15-8-6-5-7-9-15)22-20(25)18-11-10-16(26-18)12-24-14(3)19(21)13(2)23-24/h5-11,17H,4,12H2,1-3H3,(H,22,25). The van der Waals surface area contributed by atoms with E-state index in [1.807, 2.05) is 51.1 Å². The van der Waals surface area contributed by atoms with Crippen LogP contribution in [0, 0.1) is 13.8 Å². The minimum atomic E-state index is -0.224. The maximum absolute atomic E-state index is 12.5. The van der Waals surface area contributed by atoms with Gasteiger partial charge in [0.05, 0.1) is 29.0 Å². The zero-order chi connectivity index (χ0) is 18.7. The molecule has 1 unspecified atom stereocenters. The molecule has 0 radical (unpaired) electrons. The first kappa shape index (κ1) is 18.3. The molecular weight excluding hydrogens is 350 g/mol. The number of aryl methyl sites for hydroxylation is 1. The van der Waals surface area contributed by atoms with Gasteiger partial charge in [0, 0.05) is 0 Å². The Morgan fingerprint density at radius 3 is 2.58 bits per heavy atom. The van der Waals surface area contributed by atoms with E-state index in [1.54, 1.807) is 16.8 Å². The molecule has 136 valence electrons. The van der Waals surface area contributed by atoms with E-state index in [0.29, 0.717) is 23.1 Å². The molecule has 0 aliphatic rings. The predicted molar refractivity (Wildman–Crippen MR) is 101 cm³/mol. The van der Waals surface area contributed by atoms with Gasteiger partial charge in [-0.3, -0.25) is 9.48 Å². The highest BCUT2D eigenvalue weighted by molar-refractivity contribution is 6.31. The molecule has 6 heteroatoms. The third-order valence-corrected chi connectivity index (χ3v) is 4.95. The van der Waals surface area contributed by atoms with Crippen LogP contribution in [0.5, 0.6) is 0 Å². The van der Waals surface area contributed by atoms with Gasteiger partial charge in [0.2, 0.25) is 0 Å². The van der Waals surface area contributed by atoms with Crippen molar-refractivity contribution >= 4 is 17.5 Å². The molecule has 0 saturated heterocycles. The number of carbonyl (C=O) groups is 1. The van der Waals surface area contributed by atoms with Crippen LogP contribution in [0.1, 0.15) is 52.7 Å². The number of nitrogens with one attached hydrogen (secondary N) is 1. The first-order valence-electron chi connectivity index (χ1n) is 8.63. The topological polar surface area (TPSA) is 60.1 Å². The fourth-order valence-corrected chi connectivity index (χ4v) is 3.03. The zero-order valence-electron chi connectivity index (χ0n) is 15.1. The number of furan rings is 1. The molecule has 1 N–H and O–H groups in total. The van der Waals surface area contributed by atoms with Crippen LogP contribution in [0.25, 0.3) is 0 Å². The molecule has 0 saturated carbocycles. The van der Waals surface area contributed by atoms with Crippen molar-refractivity contribution in [3.63, 3.8) is 0 Å². The van der Waals surface area contributed by atoms with Gasteiger partial charge in [-0.05, 0) is 38.0 Å². The Kier molecular flexibility index (Phi) is 5.47. The molecule has 1 atom stereocenters. The summed E-state index contributed by atoms with van der Waals surface area (Å²) in [6, 6.07) is 13.3. The van der Waals surface area contributed by atoms with E-state index in [2.05, 4.69) is 10.4 Å². The third kappa shape index (κ3) is 3.83. The highest BCUT2D eigenvalue weighted by Crippen LogP contribution is 2.21. The Bertz CT molecular complexity index is 899. The van der Waals surface area contributed by atoms with Crippen molar-refractivity contribution in [2.75, 3.05) is 0 Å². The van der Waals surface area contributed by atoms with Crippen LogP contribution in [0.15, 0.2) is 46.9 Å². The zero-order valence-corrected chi connectivity index (χ0v) is 15.9. The largest absolute Gasteiger partial charge is 0.454 e. The summed E-state index contributed by atoms with van der Waals surface area (Å²) < 4.78 is 7.49. The Morgan fingerprint density at radius 2 is 1.96 bits per heavy atom. The molecule has 0 fully saturated rings. The third-order valence-electron chi connectivity index (χ3n) is 4.40. The first-order valence-corrected chi connectivity index (χ1v) is 9.01. The second kappa shape index (κ2) is 7.79. The lowest BCUT2D eigenvalue weighted by Gasteiger charge is -2.16. The maximum atomic E-state index is 12.5. The molecule has 5 nitrogen and oxygen atoms in total. The van der Waals surface area contributed by atoms with E-state index in [-0.39, 0.29) is 11.9 Å². The van der Waals surface area contributed by atoms with Gasteiger partial charge in [0.15, 0.2) is 5.76 Å². The number of rotatable bonds is 6. The fraction of sp³-hybridized carbons (Fsp3) is 0.300. The Hall–Kier alpha value is -2.53. The van der Waals surface area contributed by atoms with Crippen LogP contribution in [0.3, 0.4) is 0 Å². The molecule has 3 rings (SSSR count). The summed E-state index contributed by atoms with van der Waals surface area (Å²) >= 11 is 6.17. The lowest BCUT2D eigenvalue weighted by molar-refractivity contribution is 0.0905. The van der Waals surface area contributed by atoms with Crippen LogP contribution < -0.4 is 5.32 Å². The van der Waals surface area contributed by atoms with E-state index in [0.717, 1.165) is 23.4 Å². The number of hydrogen-bond acceptors (Lipinski definition) is 3. The van der Waals surface area contributed by atoms with Crippen LogP contribution in [-0.4, -0.2) is 15.7 Å². The minimum absolute atomic E-state index is 0.0490. The van der Waals surface area contributed by atoms with Crippen molar-refractivity contribution < 1.29 is 9.21 Å². The molecule has 1 amide bonds. The summed E-state index contributed by atoms with van der Waals surface area (Å²) in [6.07, 6.45) is 0.799. The summed E-state index contributed by atoms with van der Waals surface area (Å²) in [5.74, 6) is 0.727. The number of benzene rings is 1. The second-order valence-electron chi connectivity index (χ2n) is 6.25. The number of carbonyl (C=O) groups excluding carboxylic acids is 1. The average Bonchev–Trinajstić information content (AvgIpc) is 3.21. The summed E-state index contributed by atoms with van der Waals surface area (Å²) in [5.41, 5.74) is 2.73. The van der Waals surface area contributed by atoms with Crippen LogP contribution >= 0.6 is 11.6 Å².